The molecule has 134 valence electrons. The lowest BCUT2D eigenvalue weighted by Crippen LogP contribution is -2.40. The summed E-state index contributed by atoms with van der Waals surface area (Å²) in [6, 6.07) is 8.61. The van der Waals surface area contributed by atoms with Crippen LogP contribution in [-0.2, 0) is 11.2 Å². The number of aromatic nitrogens is 1. The van der Waals surface area contributed by atoms with Crippen molar-refractivity contribution in [2.45, 2.75) is 38.1 Å². The normalized spacial score (nSPS) is 16.7. The second-order valence-electron chi connectivity index (χ2n) is 5.87. The van der Waals surface area contributed by atoms with Crippen molar-refractivity contribution in [3.63, 3.8) is 0 Å². The highest BCUT2D eigenvalue weighted by molar-refractivity contribution is 7.18. The number of nitrogens with one attached hydrogen (secondary N) is 1. The number of para-hydroxylation sites is 1. The molecule has 1 saturated heterocycles. The van der Waals surface area contributed by atoms with Gasteiger partial charge in [-0.1, -0.05) is 12.1 Å². The van der Waals surface area contributed by atoms with E-state index in [1.54, 1.807) is 11.3 Å². The quantitative estimate of drug-likeness (QED) is 0.819. The fourth-order valence-electron chi connectivity index (χ4n) is 3.17. The average molecular weight is 390 g/mol. The van der Waals surface area contributed by atoms with Crippen LogP contribution in [0.3, 0.4) is 0 Å². The van der Waals surface area contributed by atoms with Crippen molar-refractivity contribution in [2.75, 3.05) is 20.1 Å². The molecule has 24 heavy (non-hydrogen) atoms. The first kappa shape index (κ1) is 21.2. The third kappa shape index (κ3) is 5.06. The molecule has 1 atom stereocenters. The molecule has 1 N–H and O–H groups in total. The van der Waals surface area contributed by atoms with Crippen molar-refractivity contribution < 1.29 is 4.79 Å². The molecule has 2 aromatic rings. The second-order valence-corrected chi connectivity index (χ2v) is 6.98. The Kier molecular flexibility index (Phi) is 8.98. The Balaban J connectivity index is 0.00000144. The van der Waals surface area contributed by atoms with E-state index in [9.17, 15) is 4.79 Å². The van der Waals surface area contributed by atoms with Gasteiger partial charge in [0.15, 0.2) is 0 Å². The first-order valence-electron chi connectivity index (χ1n) is 8.06. The van der Waals surface area contributed by atoms with Gasteiger partial charge in [0.1, 0.15) is 0 Å². The van der Waals surface area contributed by atoms with E-state index in [-0.39, 0.29) is 24.8 Å². The monoisotopic (exact) mass is 389 g/mol. The van der Waals surface area contributed by atoms with Gasteiger partial charge in [0.05, 0.1) is 15.2 Å². The first-order chi connectivity index (χ1) is 10.8. The summed E-state index contributed by atoms with van der Waals surface area (Å²) in [5.74, 6) is 0.305. The molecule has 1 aromatic carbocycles. The van der Waals surface area contributed by atoms with E-state index < -0.39 is 0 Å². The van der Waals surface area contributed by atoms with Crippen LogP contribution in [0, 0.1) is 0 Å². The summed E-state index contributed by atoms with van der Waals surface area (Å²) < 4.78 is 1.23. The van der Waals surface area contributed by atoms with Gasteiger partial charge in [-0.2, -0.15) is 0 Å². The van der Waals surface area contributed by atoms with Crippen molar-refractivity contribution >= 4 is 52.3 Å². The van der Waals surface area contributed by atoms with E-state index in [0.717, 1.165) is 49.3 Å². The lowest BCUT2D eigenvalue weighted by molar-refractivity contribution is -0.132. The Morgan fingerprint density at radius 2 is 2.17 bits per heavy atom. The van der Waals surface area contributed by atoms with Gasteiger partial charge < -0.3 is 10.2 Å². The Bertz CT molecular complexity index is 617. The SMILES string of the molecule is CNCC1CCCN1C(=O)CCCc1nc2ccccc2s1.Cl.Cl. The number of likely N-dealkylation sites (tertiary alicyclic amines) is 1. The number of hydrogen-bond donors (Lipinski definition) is 1. The maximum atomic E-state index is 12.4. The highest BCUT2D eigenvalue weighted by Gasteiger charge is 2.27. The van der Waals surface area contributed by atoms with Gasteiger partial charge in [-0.3, -0.25) is 4.79 Å². The second kappa shape index (κ2) is 10.2. The van der Waals surface area contributed by atoms with Crippen molar-refractivity contribution in [3.8, 4) is 0 Å². The van der Waals surface area contributed by atoms with Crippen LogP contribution in [-0.4, -0.2) is 42.0 Å². The number of hydrogen-bond acceptors (Lipinski definition) is 4. The molecule has 0 bridgehead atoms. The molecule has 0 aliphatic carbocycles. The van der Waals surface area contributed by atoms with E-state index in [2.05, 4.69) is 21.3 Å². The minimum Gasteiger partial charge on any atom is -0.338 e. The summed E-state index contributed by atoms with van der Waals surface area (Å²) in [6.45, 7) is 1.83. The van der Waals surface area contributed by atoms with E-state index in [4.69, 9.17) is 0 Å². The van der Waals surface area contributed by atoms with Crippen molar-refractivity contribution in [3.05, 3.63) is 29.3 Å². The number of nitrogens with zero attached hydrogens (tertiary/aromatic N) is 2. The largest absolute Gasteiger partial charge is 0.338 e. The molecule has 3 rings (SSSR count). The van der Waals surface area contributed by atoms with Gasteiger partial charge in [0.2, 0.25) is 5.91 Å². The van der Waals surface area contributed by atoms with Gasteiger partial charge in [-0.15, -0.1) is 36.2 Å². The number of amides is 1. The van der Waals surface area contributed by atoms with Crippen LogP contribution >= 0.6 is 36.2 Å². The Morgan fingerprint density at radius 3 is 2.92 bits per heavy atom. The summed E-state index contributed by atoms with van der Waals surface area (Å²) in [7, 11) is 1.95. The van der Waals surface area contributed by atoms with Crippen LogP contribution < -0.4 is 5.32 Å². The fraction of sp³-hybridized carbons (Fsp3) is 0.529. The molecule has 1 aromatic heterocycles. The van der Waals surface area contributed by atoms with Crippen molar-refractivity contribution in [1.29, 1.82) is 0 Å². The number of halogens is 2. The molecule has 0 spiro atoms. The Morgan fingerprint density at radius 1 is 1.38 bits per heavy atom. The van der Waals surface area contributed by atoms with E-state index in [0.29, 0.717) is 18.4 Å². The van der Waals surface area contributed by atoms with Crippen LogP contribution in [0.15, 0.2) is 24.3 Å². The number of aryl methyl sites for hydroxylation is 1. The number of likely N-dealkylation sites (N-methyl/N-ethyl adjacent to an activating group) is 1. The zero-order valence-electron chi connectivity index (χ0n) is 13.9. The molecule has 7 heteroatoms. The molecule has 1 amide bonds. The molecule has 0 saturated carbocycles. The van der Waals surface area contributed by atoms with Crippen LogP contribution in [0.1, 0.15) is 30.7 Å². The van der Waals surface area contributed by atoms with Crippen LogP contribution in [0.4, 0.5) is 0 Å². The number of benzene rings is 1. The van der Waals surface area contributed by atoms with Gasteiger partial charge in [0.25, 0.3) is 0 Å². The Labute approximate surface area is 159 Å². The molecule has 2 heterocycles. The molecular formula is C17H25Cl2N3OS. The number of fused-ring (bicyclic) bond motifs is 1. The summed E-state index contributed by atoms with van der Waals surface area (Å²) >= 11 is 1.74. The van der Waals surface area contributed by atoms with Crippen molar-refractivity contribution in [1.82, 2.24) is 15.2 Å². The van der Waals surface area contributed by atoms with Crippen LogP contribution in [0.5, 0.6) is 0 Å². The zero-order chi connectivity index (χ0) is 15.4. The van der Waals surface area contributed by atoms with Gasteiger partial charge >= 0.3 is 0 Å². The van der Waals surface area contributed by atoms with E-state index in [1.165, 1.54) is 4.70 Å². The number of carbonyl (C=O) groups is 1. The topological polar surface area (TPSA) is 45.2 Å². The lowest BCUT2D eigenvalue weighted by atomic mass is 10.2. The minimum absolute atomic E-state index is 0. The molecule has 1 aliphatic heterocycles. The van der Waals surface area contributed by atoms with Crippen LogP contribution in [0.25, 0.3) is 10.2 Å². The van der Waals surface area contributed by atoms with Crippen LogP contribution in [0.2, 0.25) is 0 Å². The maximum Gasteiger partial charge on any atom is 0.222 e. The summed E-state index contributed by atoms with van der Waals surface area (Å²) in [5, 5.41) is 4.33. The fourth-order valence-corrected chi connectivity index (χ4v) is 4.18. The predicted octanol–water partition coefficient (Wildman–Crippen LogP) is 3.67. The number of rotatable bonds is 6. The number of thiazole rings is 1. The highest BCUT2D eigenvalue weighted by atomic mass is 35.5. The molecule has 1 aliphatic rings. The zero-order valence-corrected chi connectivity index (χ0v) is 16.3. The van der Waals surface area contributed by atoms with Gasteiger partial charge in [-0.05, 0) is 44.9 Å². The molecule has 4 nitrogen and oxygen atoms in total. The summed E-state index contributed by atoms with van der Waals surface area (Å²) in [5.41, 5.74) is 1.07. The summed E-state index contributed by atoms with van der Waals surface area (Å²) in [4.78, 5) is 19.1. The predicted molar refractivity (Wildman–Crippen MR) is 106 cm³/mol. The third-order valence-electron chi connectivity index (χ3n) is 4.26. The first-order valence-corrected chi connectivity index (χ1v) is 8.88. The van der Waals surface area contributed by atoms with Gasteiger partial charge in [0, 0.05) is 25.6 Å². The van der Waals surface area contributed by atoms with Crippen molar-refractivity contribution in [2.24, 2.45) is 0 Å². The third-order valence-corrected chi connectivity index (χ3v) is 5.35. The molecule has 1 fully saturated rings. The van der Waals surface area contributed by atoms with Gasteiger partial charge in [-0.25, -0.2) is 4.98 Å². The molecular weight excluding hydrogens is 365 g/mol. The minimum atomic E-state index is 0. The lowest BCUT2D eigenvalue weighted by Gasteiger charge is -2.24. The Hall–Kier alpha value is -0.880. The number of carbonyl (C=O) groups excluding carboxylic acids is 1. The molecule has 1 unspecified atom stereocenters. The smallest absolute Gasteiger partial charge is 0.222 e. The standard InChI is InChI=1S/C17H23N3OS.2ClH/c1-18-12-13-6-5-11-20(13)17(21)10-4-9-16-19-14-7-2-3-8-15(14)22-16;;/h2-3,7-8,13,18H,4-6,9-12H2,1H3;2*1H. The van der Waals surface area contributed by atoms with E-state index >= 15 is 0 Å². The van der Waals surface area contributed by atoms with E-state index in [1.807, 2.05) is 25.2 Å². The highest BCUT2D eigenvalue weighted by Crippen LogP contribution is 2.23. The summed E-state index contributed by atoms with van der Waals surface area (Å²) in [6.07, 6.45) is 4.69. The average Bonchev–Trinajstić information content (AvgIpc) is 3.13. The molecule has 0 radical (unpaired) electrons. The maximum absolute atomic E-state index is 12.4.